The minimum atomic E-state index is -0.805. The molecule has 0 saturated heterocycles. The van der Waals surface area contributed by atoms with Gasteiger partial charge in [0.1, 0.15) is 34.2 Å². The van der Waals surface area contributed by atoms with Crippen LogP contribution in [0.5, 0.6) is 5.75 Å². The van der Waals surface area contributed by atoms with E-state index in [1.165, 1.54) is 55.6 Å². The average molecular weight is 1090 g/mol. The van der Waals surface area contributed by atoms with Crippen LogP contribution in [0.2, 0.25) is 0 Å². The van der Waals surface area contributed by atoms with Crippen LogP contribution in [0.3, 0.4) is 0 Å². The Kier molecular flexibility index (Phi) is 10.2. The molecule has 404 valence electrons. The van der Waals surface area contributed by atoms with Crippen LogP contribution in [-0.4, -0.2) is 6.10 Å². The Balaban J connectivity index is 1.000. The lowest BCUT2D eigenvalue weighted by Gasteiger charge is -2.34. The van der Waals surface area contributed by atoms with E-state index in [9.17, 15) is 0 Å². The topological polar surface area (TPSA) is 42.0 Å². The summed E-state index contributed by atoms with van der Waals surface area (Å²) in [6, 6.07) is 81.4. The maximum atomic E-state index is 7.57. The van der Waals surface area contributed by atoms with Gasteiger partial charge in [-0.1, -0.05) is 199 Å². The van der Waals surface area contributed by atoms with Crippen molar-refractivity contribution in [3.8, 4) is 28.0 Å². The minimum absolute atomic E-state index is 0.0315. The van der Waals surface area contributed by atoms with E-state index in [4.69, 9.17) is 13.6 Å². The molecule has 3 heterocycles. The van der Waals surface area contributed by atoms with Crippen LogP contribution >= 0.6 is 0 Å². The van der Waals surface area contributed by atoms with Crippen LogP contribution in [-0.2, 0) is 16.2 Å². The van der Waals surface area contributed by atoms with Crippen LogP contribution in [0.25, 0.3) is 76.9 Å². The van der Waals surface area contributed by atoms with Gasteiger partial charge in [-0.25, -0.2) is 0 Å². The lowest BCUT2D eigenvalue weighted by atomic mass is 9.70. The van der Waals surface area contributed by atoms with Gasteiger partial charge in [0.15, 0.2) is 0 Å². The fraction of sp³-hybridized carbons (Fsp3) is 0.139. The molecule has 0 fully saturated rings. The molecular formula is C79H60N2O3. The molecule has 1 aliphatic heterocycles. The minimum Gasteiger partial charge on any atom is -0.485 e. The molecule has 1 spiro atoms. The Bertz CT molecular complexity index is 4930. The largest absolute Gasteiger partial charge is 0.485 e. The summed E-state index contributed by atoms with van der Waals surface area (Å²) < 4.78 is 21.1. The molecule has 11 aromatic carbocycles. The summed E-state index contributed by atoms with van der Waals surface area (Å²) >= 11 is 0. The molecule has 2 atom stereocenters. The van der Waals surface area contributed by atoms with Crippen molar-refractivity contribution >= 4 is 88.8 Å². The number of ether oxygens (including phenoxy) is 1. The van der Waals surface area contributed by atoms with Crippen molar-refractivity contribution in [1.82, 2.24) is 0 Å². The SMILES string of the molecule is CC(C)(C)c1ccc(N(c2ccc3c(c2)OC2C=CC=CC32)c2cc3c(c4ccccc24)-c2c(cc(N(c4ccc(C(C)(C)C)cc4)c4ccc5c(c4)oc4ccccc45)c4c2oc2ccccc24)C32c3ccccc3-c3ccccc32)cc1. The van der Waals surface area contributed by atoms with Crippen LogP contribution in [0.1, 0.15) is 86.4 Å². The maximum Gasteiger partial charge on any atom is 0.145 e. The van der Waals surface area contributed by atoms with E-state index >= 15 is 0 Å². The van der Waals surface area contributed by atoms with Gasteiger partial charge in [0.25, 0.3) is 0 Å². The summed E-state index contributed by atoms with van der Waals surface area (Å²) in [7, 11) is 0. The molecule has 2 unspecified atom stereocenters. The van der Waals surface area contributed by atoms with Gasteiger partial charge >= 0.3 is 0 Å². The first-order chi connectivity index (χ1) is 40.9. The third-order valence-corrected chi connectivity index (χ3v) is 18.7. The van der Waals surface area contributed by atoms with E-state index in [1.54, 1.807) is 0 Å². The van der Waals surface area contributed by atoms with E-state index in [2.05, 4.69) is 288 Å². The first-order valence-electron chi connectivity index (χ1n) is 29.5. The van der Waals surface area contributed by atoms with Gasteiger partial charge in [-0.2, -0.15) is 0 Å². The smallest absolute Gasteiger partial charge is 0.145 e. The van der Waals surface area contributed by atoms with Gasteiger partial charge in [0, 0.05) is 73.5 Å². The number of anilines is 6. The fourth-order valence-electron chi connectivity index (χ4n) is 14.8. The average Bonchev–Trinajstić information content (AvgIpc) is 1.50. The van der Waals surface area contributed by atoms with Gasteiger partial charge in [-0.15, -0.1) is 0 Å². The second-order valence-electron chi connectivity index (χ2n) is 25.5. The Labute approximate surface area is 489 Å². The number of rotatable bonds is 6. The summed E-state index contributed by atoms with van der Waals surface area (Å²) in [5, 5.41) is 6.57. The second-order valence-corrected chi connectivity index (χ2v) is 25.5. The molecule has 4 aliphatic rings. The monoisotopic (exact) mass is 1080 g/mol. The van der Waals surface area contributed by atoms with Crippen LogP contribution in [0.4, 0.5) is 34.1 Å². The lowest BCUT2D eigenvalue weighted by molar-refractivity contribution is 0.269. The Morgan fingerprint density at radius 2 is 0.905 bits per heavy atom. The molecule has 0 saturated carbocycles. The van der Waals surface area contributed by atoms with Crippen LogP contribution < -0.4 is 14.5 Å². The summed E-state index contributed by atoms with van der Waals surface area (Å²) in [6.45, 7) is 13.7. The highest BCUT2D eigenvalue weighted by Crippen LogP contribution is 2.68. The summed E-state index contributed by atoms with van der Waals surface area (Å²) in [5.41, 5.74) is 22.1. The number of benzene rings is 11. The predicted molar refractivity (Wildman–Crippen MR) is 347 cm³/mol. The standard InChI is InChI=1S/C79H60N2O3/c1-77(2,3)47-31-35-49(36-32-47)80(51-39-41-58-56-22-11-16-28-68(56)82-71(58)43-51)66-45-64-73(60-24-8-7-21-55(60)66)75-65(79(64)62-26-14-9-19-53(62)54-20-10-15-27-63(54)79)46-67(74-61-25-13-18-30-70(61)84-76(74)75)81(50-37-33-48(34-38-50)78(4,5)6)52-40-42-59-57-23-12-17-29-69(57)83-72(59)44-52/h7-46,56,68H,1-6H3. The third-order valence-electron chi connectivity index (χ3n) is 18.7. The lowest BCUT2D eigenvalue weighted by Crippen LogP contribution is -2.26. The normalized spacial score (nSPS) is 16.1. The van der Waals surface area contributed by atoms with E-state index < -0.39 is 5.41 Å². The highest BCUT2D eigenvalue weighted by atomic mass is 16.5. The number of nitrogens with zero attached hydrogens (tertiary/aromatic N) is 2. The zero-order valence-electron chi connectivity index (χ0n) is 47.9. The van der Waals surface area contributed by atoms with Crippen LogP contribution in [0.15, 0.2) is 252 Å². The molecule has 0 radical (unpaired) electrons. The molecule has 3 aliphatic carbocycles. The highest BCUT2D eigenvalue weighted by molar-refractivity contribution is 6.23. The molecule has 2 aromatic heterocycles. The van der Waals surface area contributed by atoms with Gasteiger partial charge in [-0.3, -0.25) is 0 Å². The molecular weight excluding hydrogens is 1020 g/mol. The molecule has 13 aromatic rings. The fourth-order valence-corrected chi connectivity index (χ4v) is 14.8. The van der Waals surface area contributed by atoms with Crippen molar-refractivity contribution in [1.29, 1.82) is 0 Å². The molecule has 5 nitrogen and oxygen atoms in total. The first-order valence-corrected chi connectivity index (χ1v) is 29.5. The first kappa shape index (κ1) is 48.8. The molecule has 0 amide bonds. The van der Waals surface area contributed by atoms with Crippen LogP contribution in [0, 0.1) is 0 Å². The summed E-state index contributed by atoms with van der Waals surface area (Å²) in [5.74, 6) is 1.09. The highest BCUT2D eigenvalue weighted by Gasteiger charge is 2.54. The van der Waals surface area contributed by atoms with E-state index in [1.807, 2.05) is 6.07 Å². The number of para-hydroxylation sites is 2. The van der Waals surface area contributed by atoms with Gasteiger partial charge in [0.05, 0.1) is 22.2 Å². The predicted octanol–water partition coefficient (Wildman–Crippen LogP) is 21.5. The number of fused-ring (bicyclic) bond motifs is 22. The van der Waals surface area contributed by atoms with E-state index in [0.717, 1.165) is 100 Å². The Morgan fingerprint density at radius 1 is 0.393 bits per heavy atom. The van der Waals surface area contributed by atoms with Gasteiger partial charge < -0.3 is 23.4 Å². The zero-order chi connectivity index (χ0) is 56.4. The van der Waals surface area contributed by atoms with Crippen molar-refractivity contribution in [3.63, 3.8) is 0 Å². The molecule has 5 heteroatoms. The van der Waals surface area contributed by atoms with Crippen molar-refractivity contribution in [3.05, 3.63) is 282 Å². The summed E-state index contributed by atoms with van der Waals surface area (Å²) in [4.78, 5) is 4.94. The number of hydrogen-bond acceptors (Lipinski definition) is 5. The van der Waals surface area contributed by atoms with Gasteiger partial charge in [0.2, 0.25) is 0 Å². The number of allylic oxidation sites excluding steroid dienone is 2. The van der Waals surface area contributed by atoms with Gasteiger partial charge in [-0.05, 0) is 139 Å². The van der Waals surface area contributed by atoms with Crippen molar-refractivity contribution in [2.75, 3.05) is 9.80 Å². The van der Waals surface area contributed by atoms with Crippen molar-refractivity contribution in [2.24, 2.45) is 0 Å². The number of furan rings is 2. The zero-order valence-corrected chi connectivity index (χ0v) is 47.9. The third kappa shape index (κ3) is 6.90. The quantitative estimate of drug-likeness (QED) is 0.166. The molecule has 17 rings (SSSR count). The Hall–Kier alpha value is -9.84. The maximum absolute atomic E-state index is 7.57. The summed E-state index contributed by atoms with van der Waals surface area (Å²) in [6.07, 6.45) is 8.67. The van der Waals surface area contributed by atoms with Crippen molar-refractivity contribution in [2.45, 2.75) is 69.8 Å². The van der Waals surface area contributed by atoms with E-state index in [-0.39, 0.29) is 22.9 Å². The van der Waals surface area contributed by atoms with Crippen molar-refractivity contribution < 1.29 is 13.6 Å². The molecule has 0 N–H and O–H groups in total. The molecule has 84 heavy (non-hydrogen) atoms. The Morgan fingerprint density at radius 3 is 1.58 bits per heavy atom. The molecule has 0 bridgehead atoms. The van der Waals surface area contributed by atoms with E-state index in [0.29, 0.717) is 0 Å². The number of hydrogen-bond donors (Lipinski definition) is 0. The second kappa shape index (κ2) is 17.6.